The Kier molecular flexibility index (Phi) is 5.15. The molecule has 1 aliphatic rings. The second-order valence-corrected chi connectivity index (χ2v) is 5.80. The normalized spacial score (nSPS) is 22.2. The zero-order chi connectivity index (χ0) is 14.5. The van der Waals surface area contributed by atoms with Crippen molar-refractivity contribution < 1.29 is 9.53 Å². The molecule has 2 atom stereocenters. The average molecular weight is 276 g/mol. The molecule has 0 bridgehead atoms. The minimum Gasteiger partial charge on any atom is -0.378 e. The summed E-state index contributed by atoms with van der Waals surface area (Å²) in [5, 5.41) is 6.32. The fourth-order valence-electron chi connectivity index (χ4n) is 2.27. The average Bonchev–Trinajstić information content (AvgIpc) is 2.85. The van der Waals surface area contributed by atoms with E-state index in [1.165, 1.54) is 5.56 Å². The predicted molar refractivity (Wildman–Crippen MR) is 80.6 cm³/mol. The van der Waals surface area contributed by atoms with Crippen LogP contribution < -0.4 is 10.6 Å². The Labute approximate surface area is 120 Å². The summed E-state index contributed by atoms with van der Waals surface area (Å²) in [4.78, 5) is 12.1. The van der Waals surface area contributed by atoms with Gasteiger partial charge in [-0.1, -0.05) is 26.0 Å². The van der Waals surface area contributed by atoms with E-state index >= 15 is 0 Å². The van der Waals surface area contributed by atoms with E-state index < -0.39 is 0 Å². The van der Waals surface area contributed by atoms with Gasteiger partial charge >= 0.3 is 0 Å². The fourth-order valence-corrected chi connectivity index (χ4v) is 2.27. The Hall–Kier alpha value is -1.39. The molecule has 1 heterocycles. The lowest BCUT2D eigenvalue weighted by molar-refractivity contribution is -0.119. The first-order valence-corrected chi connectivity index (χ1v) is 7.29. The van der Waals surface area contributed by atoms with Gasteiger partial charge in [0.05, 0.1) is 18.6 Å². The minimum atomic E-state index is -0.0210. The zero-order valence-corrected chi connectivity index (χ0v) is 12.5. The van der Waals surface area contributed by atoms with Gasteiger partial charge in [0.25, 0.3) is 0 Å². The molecule has 2 N–H and O–H groups in total. The summed E-state index contributed by atoms with van der Waals surface area (Å²) >= 11 is 0. The Morgan fingerprint density at radius 3 is 2.60 bits per heavy atom. The van der Waals surface area contributed by atoms with Gasteiger partial charge in [0, 0.05) is 18.3 Å². The van der Waals surface area contributed by atoms with E-state index in [1.807, 2.05) is 31.2 Å². The van der Waals surface area contributed by atoms with Crippen molar-refractivity contribution in [3.63, 3.8) is 0 Å². The lowest BCUT2D eigenvalue weighted by Gasteiger charge is -2.11. The molecule has 4 nitrogen and oxygen atoms in total. The molecule has 1 aromatic carbocycles. The third-order valence-corrected chi connectivity index (χ3v) is 3.51. The quantitative estimate of drug-likeness (QED) is 0.869. The van der Waals surface area contributed by atoms with Crippen LogP contribution in [0.25, 0.3) is 0 Å². The molecule has 0 radical (unpaired) electrons. The highest BCUT2D eigenvalue weighted by molar-refractivity contribution is 5.92. The molecule has 2 unspecified atom stereocenters. The van der Waals surface area contributed by atoms with Gasteiger partial charge in [-0.25, -0.2) is 0 Å². The second kappa shape index (κ2) is 6.86. The van der Waals surface area contributed by atoms with Gasteiger partial charge in [0.2, 0.25) is 5.91 Å². The lowest BCUT2D eigenvalue weighted by Crippen LogP contribution is -2.23. The molecule has 1 fully saturated rings. The van der Waals surface area contributed by atoms with E-state index in [9.17, 15) is 4.79 Å². The highest BCUT2D eigenvalue weighted by atomic mass is 16.5. The molecule has 1 saturated heterocycles. The van der Waals surface area contributed by atoms with Crippen LogP contribution in [0.4, 0.5) is 5.69 Å². The van der Waals surface area contributed by atoms with E-state index in [-0.39, 0.29) is 17.9 Å². The maximum absolute atomic E-state index is 12.1. The summed E-state index contributed by atoms with van der Waals surface area (Å²) in [7, 11) is 0. The smallest absolute Gasteiger partial charge is 0.229 e. The molecule has 4 heteroatoms. The summed E-state index contributed by atoms with van der Waals surface area (Å²) in [6.07, 6.45) is 0.998. The van der Waals surface area contributed by atoms with Crippen LogP contribution in [-0.4, -0.2) is 24.7 Å². The molecule has 20 heavy (non-hydrogen) atoms. The molecular weight excluding hydrogens is 252 g/mol. The van der Waals surface area contributed by atoms with Crippen LogP contribution >= 0.6 is 0 Å². The number of anilines is 1. The summed E-state index contributed by atoms with van der Waals surface area (Å²) in [6, 6.07) is 8.46. The highest BCUT2D eigenvalue weighted by Gasteiger charge is 2.28. The molecule has 110 valence electrons. The third-order valence-electron chi connectivity index (χ3n) is 3.51. The van der Waals surface area contributed by atoms with Crippen molar-refractivity contribution in [2.24, 2.45) is 5.92 Å². The van der Waals surface area contributed by atoms with E-state index in [0.717, 1.165) is 18.7 Å². The third kappa shape index (κ3) is 4.32. The van der Waals surface area contributed by atoms with Gasteiger partial charge in [-0.15, -0.1) is 0 Å². The Morgan fingerprint density at radius 1 is 1.35 bits per heavy atom. The maximum Gasteiger partial charge on any atom is 0.229 e. The van der Waals surface area contributed by atoms with Crippen LogP contribution in [0, 0.1) is 5.92 Å². The summed E-state index contributed by atoms with van der Waals surface area (Å²) in [5.41, 5.74) is 2.07. The molecule has 0 saturated carbocycles. The van der Waals surface area contributed by atoms with Crippen molar-refractivity contribution >= 4 is 11.6 Å². The van der Waals surface area contributed by atoms with Crippen LogP contribution in [0.15, 0.2) is 24.3 Å². The Morgan fingerprint density at radius 2 is 2.05 bits per heavy atom. The highest BCUT2D eigenvalue weighted by Crippen LogP contribution is 2.21. The Bertz CT molecular complexity index is 442. The molecule has 1 aliphatic heterocycles. The maximum atomic E-state index is 12.1. The summed E-state index contributed by atoms with van der Waals surface area (Å²) < 4.78 is 5.43. The number of hydrogen-bond acceptors (Lipinski definition) is 3. The number of ether oxygens (including phenoxy) is 1. The van der Waals surface area contributed by atoms with Gasteiger partial charge in [0.15, 0.2) is 0 Å². The van der Waals surface area contributed by atoms with Gasteiger partial charge in [-0.3, -0.25) is 4.79 Å². The fraction of sp³-hybridized carbons (Fsp3) is 0.562. The largest absolute Gasteiger partial charge is 0.378 e. The topological polar surface area (TPSA) is 50.4 Å². The SMILES string of the molecule is CC(C)NCc1ccc(NC(=O)C2COC(C)C2)cc1. The first-order chi connectivity index (χ1) is 9.54. The van der Waals surface area contributed by atoms with Gasteiger partial charge in [-0.05, 0) is 31.0 Å². The van der Waals surface area contributed by atoms with Crippen molar-refractivity contribution in [1.29, 1.82) is 0 Å². The number of carbonyl (C=O) groups is 1. The van der Waals surface area contributed by atoms with Crippen LogP contribution in [0.2, 0.25) is 0 Å². The number of hydrogen-bond donors (Lipinski definition) is 2. The van der Waals surface area contributed by atoms with Crippen molar-refractivity contribution in [2.45, 2.75) is 45.9 Å². The zero-order valence-electron chi connectivity index (χ0n) is 12.5. The number of nitrogens with one attached hydrogen (secondary N) is 2. The molecular formula is C16H24N2O2. The monoisotopic (exact) mass is 276 g/mol. The molecule has 0 aliphatic carbocycles. The molecule has 0 spiro atoms. The number of benzene rings is 1. The lowest BCUT2D eigenvalue weighted by atomic mass is 10.1. The van der Waals surface area contributed by atoms with Crippen molar-refractivity contribution in [2.75, 3.05) is 11.9 Å². The molecule has 1 aromatic rings. The number of rotatable bonds is 5. The Balaban J connectivity index is 1.85. The van der Waals surface area contributed by atoms with Crippen molar-refractivity contribution in [3.8, 4) is 0 Å². The first kappa shape index (κ1) is 15.0. The molecule has 1 amide bonds. The van der Waals surface area contributed by atoms with Gasteiger partial charge in [-0.2, -0.15) is 0 Å². The summed E-state index contributed by atoms with van der Waals surface area (Å²) in [5.74, 6) is 0.0367. The number of amides is 1. The number of carbonyl (C=O) groups excluding carboxylic acids is 1. The second-order valence-electron chi connectivity index (χ2n) is 5.80. The predicted octanol–water partition coefficient (Wildman–Crippen LogP) is 2.55. The molecule has 0 aromatic heterocycles. The van der Waals surface area contributed by atoms with Crippen LogP contribution in [0.5, 0.6) is 0 Å². The van der Waals surface area contributed by atoms with E-state index in [0.29, 0.717) is 12.6 Å². The van der Waals surface area contributed by atoms with E-state index in [2.05, 4.69) is 24.5 Å². The van der Waals surface area contributed by atoms with E-state index in [1.54, 1.807) is 0 Å². The minimum absolute atomic E-state index is 0.0210. The standard InChI is InChI=1S/C16H24N2O2/c1-11(2)17-9-13-4-6-15(7-5-13)18-16(19)14-8-12(3)20-10-14/h4-7,11-12,14,17H,8-10H2,1-3H3,(H,18,19). The van der Waals surface area contributed by atoms with Crippen molar-refractivity contribution in [3.05, 3.63) is 29.8 Å². The van der Waals surface area contributed by atoms with Crippen molar-refractivity contribution in [1.82, 2.24) is 5.32 Å². The van der Waals surface area contributed by atoms with Gasteiger partial charge < -0.3 is 15.4 Å². The first-order valence-electron chi connectivity index (χ1n) is 7.29. The molecule has 2 rings (SSSR count). The summed E-state index contributed by atoms with van der Waals surface area (Å²) in [6.45, 7) is 7.63. The van der Waals surface area contributed by atoms with Crippen LogP contribution in [0.3, 0.4) is 0 Å². The van der Waals surface area contributed by atoms with E-state index in [4.69, 9.17) is 4.74 Å². The van der Waals surface area contributed by atoms with Crippen LogP contribution in [-0.2, 0) is 16.1 Å². The van der Waals surface area contributed by atoms with Gasteiger partial charge in [0.1, 0.15) is 0 Å². The van der Waals surface area contributed by atoms with Crippen LogP contribution in [0.1, 0.15) is 32.8 Å².